The monoisotopic (exact) mass is 265 g/mol. The zero-order chi connectivity index (χ0) is 11.8. The Morgan fingerprint density at radius 2 is 1.81 bits per heavy atom. The molecular weight excluding hydrogens is 246 g/mol. The molecule has 0 bridgehead atoms. The number of nitrogens with one attached hydrogen (secondary N) is 1. The van der Waals surface area contributed by atoms with Crippen molar-refractivity contribution in [3.8, 4) is 0 Å². The third kappa shape index (κ3) is 2.71. The number of alkyl halides is 1. The summed E-state index contributed by atoms with van der Waals surface area (Å²) in [5, 5.41) is -0.146. The molecule has 0 saturated heterocycles. The summed E-state index contributed by atoms with van der Waals surface area (Å²) in [6.45, 7) is 2.22. The molecule has 0 unspecified atom stereocenters. The summed E-state index contributed by atoms with van der Waals surface area (Å²) in [6.07, 6.45) is 5.52. The number of halogens is 1. The van der Waals surface area contributed by atoms with E-state index in [9.17, 15) is 8.42 Å². The molecule has 2 aliphatic carbocycles. The van der Waals surface area contributed by atoms with E-state index < -0.39 is 10.0 Å². The highest BCUT2D eigenvalue weighted by atomic mass is 35.5. The van der Waals surface area contributed by atoms with Crippen molar-refractivity contribution in [2.45, 2.75) is 56.2 Å². The molecule has 2 saturated carbocycles. The molecule has 1 N–H and O–H groups in total. The number of hydrogen-bond acceptors (Lipinski definition) is 2. The average Bonchev–Trinajstić information content (AvgIpc) is 3.05. The Labute approximate surface area is 103 Å². The maximum absolute atomic E-state index is 11.9. The van der Waals surface area contributed by atoms with E-state index in [4.69, 9.17) is 11.6 Å². The van der Waals surface area contributed by atoms with Crippen LogP contribution >= 0.6 is 11.6 Å². The van der Waals surface area contributed by atoms with Gasteiger partial charge in [0, 0.05) is 11.4 Å². The van der Waals surface area contributed by atoms with Crippen molar-refractivity contribution >= 4 is 21.6 Å². The lowest BCUT2D eigenvalue weighted by atomic mass is 9.79. The van der Waals surface area contributed by atoms with E-state index >= 15 is 0 Å². The Morgan fingerprint density at radius 3 is 2.25 bits per heavy atom. The molecule has 0 spiro atoms. The Kier molecular flexibility index (Phi) is 3.53. The van der Waals surface area contributed by atoms with Crippen LogP contribution < -0.4 is 4.72 Å². The van der Waals surface area contributed by atoms with Crippen molar-refractivity contribution < 1.29 is 8.42 Å². The third-order valence-electron chi connectivity index (χ3n) is 3.81. The Hall–Kier alpha value is 0.200. The van der Waals surface area contributed by atoms with Gasteiger partial charge in [0.15, 0.2) is 0 Å². The summed E-state index contributed by atoms with van der Waals surface area (Å²) in [5.41, 5.74) is -0.366. The molecule has 2 fully saturated rings. The fourth-order valence-corrected chi connectivity index (χ4v) is 4.56. The molecule has 2 rings (SSSR count). The van der Waals surface area contributed by atoms with Gasteiger partial charge in [-0.1, -0.05) is 6.92 Å². The third-order valence-corrected chi connectivity index (χ3v) is 6.39. The van der Waals surface area contributed by atoms with E-state index in [-0.39, 0.29) is 10.8 Å². The van der Waals surface area contributed by atoms with Crippen molar-refractivity contribution in [3.63, 3.8) is 0 Å². The van der Waals surface area contributed by atoms with Gasteiger partial charge in [-0.2, -0.15) is 0 Å². The summed E-state index contributed by atoms with van der Waals surface area (Å²) in [4.78, 5) is 0. The predicted octanol–water partition coefficient (Wildman–Crippen LogP) is 2.26. The van der Waals surface area contributed by atoms with Gasteiger partial charge in [0.25, 0.3) is 0 Å². The van der Waals surface area contributed by atoms with E-state index in [1.165, 1.54) is 0 Å². The largest absolute Gasteiger partial charge is 0.215 e. The lowest BCUT2D eigenvalue weighted by molar-refractivity contribution is 0.247. The van der Waals surface area contributed by atoms with Crippen LogP contribution in [0.25, 0.3) is 0 Å². The molecule has 0 aromatic heterocycles. The Balaban J connectivity index is 2.04. The molecule has 3 nitrogen and oxygen atoms in total. The van der Waals surface area contributed by atoms with Gasteiger partial charge in [0.2, 0.25) is 10.0 Å². The topological polar surface area (TPSA) is 46.2 Å². The summed E-state index contributed by atoms with van der Waals surface area (Å²) in [7, 11) is -3.11. The van der Waals surface area contributed by atoms with Gasteiger partial charge in [-0.25, -0.2) is 13.1 Å². The Morgan fingerprint density at radius 1 is 1.25 bits per heavy atom. The SMILES string of the molecule is CC1CCC(CCl)(NS(=O)(=O)C2CC2)CC1. The molecule has 0 amide bonds. The second-order valence-corrected chi connectivity index (χ2v) is 7.67. The van der Waals surface area contributed by atoms with Crippen molar-refractivity contribution in [2.24, 2.45) is 5.92 Å². The minimum Gasteiger partial charge on any atom is -0.212 e. The zero-order valence-electron chi connectivity index (χ0n) is 9.71. The van der Waals surface area contributed by atoms with Gasteiger partial charge >= 0.3 is 0 Å². The molecule has 94 valence electrons. The van der Waals surface area contributed by atoms with Crippen molar-refractivity contribution in [2.75, 3.05) is 5.88 Å². The van der Waals surface area contributed by atoms with Crippen LogP contribution in [0.5, 0.6) is 0 Å². The first kappa shape index (κ1) is 12.7. The standard InChI is InChI=1S/C11H20ClNO2S/c1-9-4-6-11(8-12,7-5-9)13-16(14,15)10-2-3-10/h9-10,13H,2-8H2,1H3. The molecule has 0 heterocycles. The molecule has 0 radical (unpaired) electrons. The summed E-state index contributed by atoms with van der Waals surface area (Å²) >= 11 is 5.99. The van der Waals surface area contributed by atoms with E-state index in [1.807, 2.05) is 0 Å². The Bertz CT molecular complexity index is 343. The van der Waals surface area contributed by atoms with Crippen molar-refractivity contribution in [3.05, 3.63) is 0 Å². The van der Waals surface area contributed by atoms with Crippen LogP contribution in [0.15, 0.2) is 0 Å². The van der Waals surface area contributed by atoms with Crippen LogP contribution in [0.4, 0.5) is 0 Å². The second-order valence-electron chi connectivity index (χ2n) is 5.44. The van der Waals surface area contributed by atoms with E-state index in [1.54, 1.807) is 0 Å². The van der Waals surface area contributed by atoms with Crippen LogP contribution in [0, 0.1) is 5.92 Å². The van der Waals surface area contributed by atoms with Crippen LogP contribution in [-0.2, 0) is 10.0 Å². The van der Waals surface area contributed by atoms with Gasteiger partial charge in [-0.3, -0.25) is 0 Å². The van der Waals surface area contributed by atoms with Crippen LogP contribution in [0.3, 0.4) is 0 Å². The normalized spacial score (nSPS) is 36.2. The second kappa shape index (κ2) is 4.46. The highest BCUT2D eigenvalue weighted by Crippen LogP contribution is 2.36. The van der Waals surface area contributed by atoms with Crippen molar-refractivity contribution in [1.29, 1.82) is 0 Å². The number of hydrogen-bond donors (Lipinski definition) is 1. The first-order chi connectivity index (χ1) is 7.47. The molecule has 5 heteroatoms. The molecule has 0 aromatic carbocycles. The van der Waals surface area contributed by atoms with E-state index in [2.05, 4.69) is 11.6 Å². The first-order valence-electron chi connectivity index (χ1n) is 6.06. The van der Waals surface area contributed by atoms with Gasteiger partial charge in [-0.15, -0.1) is 11.6 Å². The molecule has 0 aromatic rings. The van der Waals surface area contributed by atoms with Gasteiger partial charge in [0.05, 0.1) is 5.25 Å². The average molecular weight is 266 g/mol. The van der Waals surface area contributed by atoms with Gasteiger partial charge in [-0.05, 0) is 44.4 Å². The van der Waals surface area contributed by atoms with Crippen LogP contribution in [0.1, 0.15) is 45.4 Å². The molecular formula is C11H20ClNO2S. The summed E-state index contributed by atoms with van der Waals surface area (Å²) in [5.74, 6) is 1.09. The zero-order valence-corrected chi connectivity index (χ0v) is 11.3. The lowest BCUT2D eigenvalue weighted by Crippen LogP contribution is -2.52. The minimum absolute atomic E-state index is 0.146. The molecule has 0 atom stereocenters. The number of rotatable bonds is 4. The minimum atomic E-state index is -3.11. The van der Waals surface area contributed by atoms with Gasteiger partial charge in [0.1, 0.15) is 0 Å². The lowest BCUT2D eigenvalue weighted by Gasteiger charge is -2.38. The summed E-state index contributed by atoms with van der Waals surface area (Å²) < 4.78 is 26.8. The maximum atomic E-state index is 11.9. The fourth-order valence-electron chi connectivity index (χ4n) is 2.34. The summed E-state index contributed by atoms with van der Waals surface area (Å²) in [6, 6.07) is 0. The predicted molar refractivity (Wildman–Crippen MR) is 66.2 cm³/mol. The highest BCUT2D eigenvalue weighted by molar-refractivity contribution is 7.90. The molecule has 2 aliphatic rings. The van der Waals surface area contributed by atoms with Crippen LogP contribution in [-0.4, -0.2) is 25.1 Å². The molecule has 0 aliphatic heterocycles. The van der Waals surface area contributed by atoms with E-state index in [0.29, 0.717) is 11.8 Å². The maximum Gasteiger partial charge on any atom is 0.215 e. The fraction of sp³-hybridized carbons (Fsp3) is 1.00. The van der Waals surface area contributed by atoms with E-state index in [0.717, 1.165) is 38.5 Å². The van der Waals surface area contributed by atoms with Crippen molar-refractivity contribution in [1.82, 2.24) is 4.72 Å². The quantitative estimate of drug-likeness (QED) is 0.793. The first-order valence-corrected chi connectivity index (χ1v) is 8.14. The molecule has 16 heavy (non-hydrogen) atoms. The number of sulfonamides is 1. The van der Waals surface area contributed by atoms with Crippen LogP contribution in [0.2, 0.25) is 0 Å². The van der Waals surface area contributed by atoms with Gasteiger partial charge < -0.3 is 0 Å². The highest BCUT2D eigenvalue weighted by Gasteiger charge is 2.43. The smallest absolute Gasteiger partial charge is 0.212 e.